The number of carbonyl (C=O) groups excluding carboxylic acids is 1. The summed E-state index contributed by atoms with van der Waals surface area (Å²) in [7, 11) is 0. The van der Waals surface area contributed by atoms with E-state index in [0.717, 1.165) is 43.1 Å². The number of amides is 1. The van der Waals surface area contributed by atoms with Crippen LogP contribution in [0.25, 0.3) is 0 Å². The second kappa shape index (κ2) is 6.93. The molecule has 1 aromatic carbocycles. The van der Waals surface area contributed by atoms with Gasteiger partial charge in [0.05, 0.1) is 0 Å². The number of hydrogen-bond donors (Lipinski definition) is 1. The molecule has 1 heterocycles. The summed E-state index contributed by atoms with van der Waals surface area (Å²) in [5.41, 5.74) is 0.722. The SMILES string of the molecule is CC(C)(C)OC(=O)N1C[C@H]2C[C@@H](NCc3ccccc3Cl)C[C@H]2C1. The van der Waals surface area contributed by atoms with Crippen molar-refractivity contribution in [1.29, 1.82) is 0 Å². The van der Waals surface area contributed by atoms with Crippen LogP contribution in [0.5, 0.6) is 0 Å². The molecule has 2 fully saturated rings. The van der Waals surface area contributed by atoms with Crippen LogP contribution in [0.15, 0.2) is 24.3 Å². The molecule has 1 aliphatic heterocycles. The van der Waals surface area contributed by atoms with E-state index in [9.17, 15) is 4.79 Å². The molecular weight excluding hydrogens is 324 g/mol. The molecule has 0 radical (unpaired) electrons. The topological polar surface area (TPSA) is 41.6 Å². The molecule has 0 unspecified atom stereocenters. The Morgan fingerprint density at radius 2 is 1.88 bits per heavy atom. The molecule has 4 nitrogen and oxygen atoms in total. The maximum Gasteiger partial charge on any atom is 0.410 e. The van der Waals surface area contributed by atoms with Gasteiger partial charge >= 0.3 is 6.09 Å². The van der Waals surface area contributed by atoms with E-state index in [1.807, 2.05) is 43.9 Å². The van der Waals surface area contributed by atoms with E-state index in [1.54, 1.807) is 0 Å². The van der Waals surface area contributed by atoms with Gasteiger partial charge in [-0.25, -0.2) is 4.79 Å². The van der Waals surface area contributed by atoms with Gasteiger partial charge in [0.2, 0.25) is 0 Å². The predicted octanol–water partition coefficient (Wildman–Crippen LogP) is 4.08. The van der Waals surface area contributed by atoms with Crippen LogP contribution >= 0.6 is 11.6 Å². The van der Waals surface area contributed by atoms with Gasteiger partial charge in [0.1, 0.15) is 5.60 Å². The van der Waals surface area contributed by atoms with Crippen molar-refractivity contribution < 1.29 is 9.53 Å². The zero-order chi connectivity index (χ0) is 17.3. The quantitative estimate of drug-likeness (QED) is 0.893. The molecule has 5 heteroatoms. The summed E-state index contributed by atoms with van der Waals surface area (Å²) in [5.74, 6) is 1.17. The minimum Gasteiger partial charge on any atom is -0.444 e. The monoisotopic (exact) mass is 350 g/mol. The fraction of sp³-hybridized carbons (Fsp3) is 0.632. The largest absolute Gasteiger partial charge is 0.444 e. The van der Waals surface area contributed by atoms with Gasteiger partial charge in [-0.15, -0.1) is 0 Å². The molecule has 0 aromatic heterocycles. The summed E-state index contributed by atoms with van der Waals surface area (Å²) in [6, 6.07) is 8.48. The zero-order valence-corrected chi connectivity index (χ0v) is 15.5. The molecule has 0 spiro atoms. The fourth-order valence-corrected chi connectivity index (χ4v) is 4.04. The first-order valence-corrected chi connectivity index (χ1v) is 9.14. The summed E-state index contributed by atoms with van der Waals surface area (Å²) >= 11 is 6.21. The number of benzene rings is 1. The third kappa shape index (κ3) is 4.22. The van der Waals surface area contributed by atoms with Crippen molar-refractivity contribution in [3.8, 4) is 0 Å². The van der Waals surface area contributed by atoms with E-state index in [2.05, 4.69) is 11.4 Å². The molecular formula is C19H27ClN2O2. The Labute approximate surface area is 149 Å². The van der Waals surface area contributed by atoms with Crippen LogP contribution in [-0.2, 0) is 11.3 Å². The number of hydrogen-bond acceptors (Lipinski definition) is 3. The number of likely N-dealkylation sites (tertiary alicyclic amines) is 1. The Hall–Kier alpha value is -1.26. The van der Waals surface area contributed by atoms with Crippen LogP contribution in [0.4, 0.5) is 4.79 Å². The summed E-state index contributed by atoms with van der Waals surface area (Å²) in [5, 5.41) is 4.45. The minimum absolute atomic E-state index is 0.169. The Balaban J connectivity index is 1.47. The van der Waals surface area contributed by atoms with Crippen LogP contribution in [0.2, 0.25) is 5.02 Å². The molecule has 3 rings (SSSR count). The summed E-state index contributed by atoms with van der Waals surface area (Å²) in [6.45, 7) is 8.19. The molecule has 1 N–H and O–H groups in total. The smallest absolute Gasteiger partial charge is 0.410 e. The molecule has 0 bridgehead atoms. The predicted molar refractivity (Wildman–Crippen MR) is 96.1 cm³/mol. The molecule has 1 aliphatic carbocycles. The third-order valence-corrected chi connectivity index (χ3v) is 5.31. The Kier molecular flexibility index (Phi) is 5.07. The van der Waals surface area contributed by atoms with Crippen molar-refractivity contribution >= 4 is 17.7 Å². The lowest BCUT2D eigenvalue weighted by molar-refractivity contribution is 0.0279. The number of halogens is 1. The van der Waals surface area contributed by atoms with Gasteiger partial charge < -0.3 is 15.0 Å². The summed E-state index contributed by atoms with van der Waals surface area (Å²) in [6.07, 6.45) is 2.07. The summed E-state index contributed by atoms with van der Waals surface area (Å²) < 4.78 is 5.49. The normalized spacial score (nSPS) is 26.5. The lowest BCUT2D eigenvalue weighted by Crippen LogP contribution is -2.37. The number of nitrogens with one attached hydrogen (secondary N) is 1. The molecule has 1 saturated carbocycles. The van der Waals surface area contributed by atoms with Crippen LogP contribution in [0, 0.1) is 11.8 Å². The molecule has 1 saturated heterocycles. The summed E-state index contributed by atoms with van der Waals surface area (Å²) in [4.78, 5) is 14.1. The molecule has 3 atom stereocenters. The second-order valence-corrected chi connectivity index (χ2v) is 8.45. The number of carbonyl (C=O) groups is 1. The molecule has 132 valence electrons. The number of fused-ring (bicyclic) bond motifs is 1. The van der Waals surface area contributed by atoms with Gasteiger partial charge in [-0.3, -0.25) is 0 Å². The van der Waals surface area contributed by atoms with Crippen molar-refractivity contribution in [2.75, 3.05) is 13.1 Å². The van der Waals surface area contributed by atoms with Gasteiger partial charge in [0.25, 0.3) is 0 Å². The average Bonchev–Trinajstić information content (AvgIpc) is 3.03. The van der Waals surface area contributed by atoms with Crippen LogP contribution in [0.3, 0.4) is 0 Å². The van der Waals surface area contributed by atoms with Crippen LogP contribution in [-0.4, -0.2) is 35.7 Å². The first kappa shape index (κ1) is 17.6. The molecule has 2 aliphatic rings. The van der Waals surface area contributed by atoms with E-state index >= 15 is 0 Å². The van der Waals surface area contributed by atoms with Crippen molar-refractivity contribution in [3.05, 3.63) is 34.9 Å². The second-order valence-electron chi connectivity index (χ2n) is 8.05. The minimum atomic E-state index is -0.423. The first-order valence-electron chi connectivity index (χ1n) is 8.76. The number of ether oxygens (including phenoxy) is 1. The fourth-order valence-electron chi connectivity index (χ4n) is 3.84. The van der Waals surface area contributed by atoms with E-state index in [-0.39, 0.29) is 6.09 Å². The van der Waals surface area contributed by atoms with E-state index < -0.39 is 5.60 Å². The van der Waals surface area contributed by atoms with Gasteiger partial charge in [-0.2, -0.15) is 0 Å². The van der Waals surface area contributed by atoms with Crippen molar-refractivity contribution in [1.82, 2.24) is 10.2 Å². The zero-order valence-electron chi connectivity index (χ0n) is 14.7. The lowest BCUT2D eigenvalue weighted by Gasteiger charge is -2.25. The molecule has 1 aromatic rings. The van der Waals surface area contributed by atoms with Crippen molar-refractivity contribution in [3.63, 3.8) is 0 Å². The highest BCUT2D eigenvalue weighted by Crippen LogP contribution is 2.38. The Morgan fingerprint density at radius 1 is 1.25 bits per heavy atom. The maximum absolute atomic E-state index is 12.2. The van der Waals surface area contributed by atoms with Gasteiger partial charge in [0, 0.05) is 30.7 Å². The van der Waals surface area contributed by atoms with Crippen molar-refractivity contribution in [2.24, 2.45) is 11.8 Å². The van der Waals surface area contributed by atoms with Gasteiger partial charge in [-0.05, 0) is 57.1 Å². The number of nitrogens with zero attached hydrogens (tertiary/aromatic N) is 1. The van der Waals surface area contributed by atoms with E-state index in [1.165, 1.54) is 0 Å². The lowest BCUT2D eigenvalue weighted by atomic mass is 10.0. The highest BCUT2D eigenvalue weighted by molar-refractivity contribution is 6.31. The molecule has 1 amide bonds. The highest BCUT2D eigenvalue weighted by atomic mass is 35.5. The number of rotatable bonds is 3. The Morgan fingerprint density at radius 3 is 2.46 bits per heavy atom. The van der Waals surface area contributed by atoms with Crippen molar-refractivity contribution in [2.45, 2.75) is 51.8 Å². The third-order valence-electron chi connectivity index (χ3n) is 4.94. The van der Waals surface area contributed by atoms with Gasteiger partial charge in [-0.1, -0.05) is 29.8 Å². The van der Waals surface area contributed by atoms with Crippen LogP contribution < -0.4 is 5.32 Å². The highest BCUT2D eigenvalue weighted by Gasteiger charge is 2.43. The van der Waals surface area contributed by atoms with Gasteiger partial charge in [0.15, 0.2) is 0 Å². The van der Waals surface area contributed by atoms with E-state index in [0.29, 0.717) is 17.9 Å². The standard InChI is InChI=1S/C19H27ClN2O2/c1-19(2,3)24-18(23)22-11-14-8-16(9-15(14)12-22)21-10-13-6-4-5-7-17(13)20/h4-7,14-16,21H,8-12H2,1-3H3/t14-,15+,16-. The maximum atomic E-state index is 12.2. The average molecular weight is 351 g/mol. The van der Waals surface area contributed by atoms with Crippen LogP contribution in [0.1, 0.15) is 39.2 Å². The Bertz CT molecular complexity index is 585. The van der Waals surface area contributed by atoms with E-state index in [4.69, 9.17) is 16.3 Å². The molecule has 24 heavy (non-hydrogen) atoms. The first-order chi connectivity index (χ1) is 11.3.